The number of carbonyl (C=O) groups is 3. The number of carbonyl (C=O) groups excluding carboxylic acids is 3. The van der Waals surface area contributed by atoms with Gasteiger partial charge in [0.15, 0.2) is 5.13 Å². The maximum atomic E-state index is 13.1. The second-order valence-electron chi connectivity index (χ2n) is 6.75. The number of benzene rings is 1. The molecule has 3 rings (SSSR count). The lowest BCUT2D eigenvalue weighted by Gasteiger charge is -2.26. The number of ether oxygens (including phenoxy) is 1. The average molecular weight is 419 g/mol. The van der Waals surface area contributed by atoms with Gasteiger partial charge in [-0.05, 0) is 25.2 Å². The summed E-state index contributed by atoms with van der Waals surface area (Å²) in [5.41, 5.74) is 0.698. The fourth-order valence-electron chi connectivity index (χ4n) is 3.32. The van der Waals surface area contributed by atoms with Gasteiger partial charge in [-0.25, -0.2) is 4.98 Å². The van der Waals surface area contributed by atoms with Crippen LogP contribution in [0.2, 0.25) is 0 Å². The molecule has 2 aromatic rings. The number of fused-ring (bicyclic) bond motifs is 1. The summed E-state index contributed by atoms with van der Waals surface area (Å²) in [6, 6.07) is 5.64. The number of anilines is 1. The summed E-state index contributed by atoms with van der Waals surface area (Å²) in [5.74, 6) is -0.249. The van der Waals surface area contributed by atoms with Gasteiger partial charge in [0.2, 0.25) is 17.7 Å². The molecule has 2 heterocycles. The number of imide groups is 1. The van der Waals surface area contributed by atoms with Crippen LogP contribution in [-0.4, -0.2) is 72.3 Å². The second kappa shape index (κ2) is 9.32. The van der Waals surface area contributed by atoms with Crippen LogP contribution in [0.3, 0.4) is 0 Å². The summed E-state index contributed by atoms with van der Waals surface area (Å²) in [6.07, 6.45) is 0.341. The molecule has 1 fully saturated rings. The number of nitrogens with zero attached hydrogens (tertiary/aromatic N) is 4. The standard InChI is InChI=1S/C20H26N4O4S/c1-4-22(5-2)11-12-23(18(27)13-24-16(25)9-10-17(24)26)20-21-19-14(28-3)7-6-8-15(19)29-20/h6-8H,4-5,9-13H2,1-3H3. The van der Waals surface area contributed by atoms with Crippen LogP contribution in [0.1, 0.15) is 26.7 Å². The Kier molecular flexibility index (Phi) is 6.81. The zero-order valence-electron chi connectivity index (χ0n) is 17.0. The molecule has 0 aliphatic carbocycles. The third-order valence-corrected chi connectivity index (χ3v) is 6.15. The molecule has 1 aromatic heterocycles. The van der Waals surface area contributed by atoms with Crippen molar-refractivity contribution in [2.45, 2.75) is 26.7 Å². The molecule has 1 aliphatic rings. The van der Waals surface area contributed by atoms with Gasteiger partial charge < -0.3 is 9.64 Å². The Labute approximate surface area is 174 Å². The smallest absolute Gasteiger partial charge is 0.248 e. The summed E-state index contributed by atoms with van der Waals surface area (Å²) >= 11 is 1.40. The molecule has 0 N–H and O–H groups in total. The van der Waals surface area contributed by atoms with E-state index in [0.717, 1.165) is 22.7 Å². The van der Waals surface area contributed by atoms with Crippen LogP contribution in [0.5, 0.6) is 5.75 Å². The van der Waals surface area contributed by atoms with Gasteiger partial charge in [0.05, 0.1) is 11.8 Å². The van der Waals surface area contributed by atoms with Crippen molar-refractivity contribution in [2.24, 2.45) is 0 Å². The number of hydrogen-bond acceptors (Lipinski definition) is 7. The molecule has 0 spiro atoms. The first-order chi connectivity index (χ1) is 14.0. The molecule has 29 heavy (non-hydrogen) atoms. The number of likely N-dealkylation sites (tertiary alicyclic amines) is 1. The van der Waals surface area contributed by atoms with Crippen molar-refractivity contribution in [1.29, 1.82) is 0 Å². The minimum absolute atomic E-state index is 0.171. The first kappa shape index (κ1) is 21.2. The predicted molar refractivity (Wildman–Crippen MR) is 112 cm³/mol. The summed E-state index contributed by atoms with van der Waals surface area (Å²) < 4.78 is 6.30. The molecule has 0 atom stereocenters. The molecule has 9 heteroatoms. The van der Waals surface area contributed by atoms with Crippen LogP contribution in [-0.2, 0) is 14.4 Å². The van der Waals surface area contributed by atoms with E-state index >= 15 is 0 Å². The normalized spacial score (nSPS) is 14.3. The van der Waals surface area contributed by atoms with E-state index in [-0.39, 0.29) is 37.1 Å². The summed E-state index contributed by atoms with van der Waals surface area (Å²) in [6.45, 7) is 6.74. The van der Waals surface area contributed by atoms with E-state index in [4.69, 9.17) is 4.74 Å². The lowest BCUT2D eigenvalue weighted by molar-refractivity contribution is -0.141. The quantitative estimate of drug-likeness (QED) is 0.580. The highest BCUT2D eigenvalue weighted by atomic mass is 32.1. The Hall–Kier alpha value is -2.52. The predicted octanol–water partition coefficient (Wildman–Crippen LogP) is 2.13. The Bertz CT molecular complexity index is 893. The van der Waals surface area contributed by atoms with E-state index in [0.29, 0.717) is 29.5 Å². The van der Waals surface area contributed by atoms with Crippen LogP contribution in [0.4, 0.5) is 5.13 Å². The molecule has 8 nitrogen and oxygen atoms in total. The molecule has 156 valence electrons. The van der Waals surface area contributed by atoms with Crippen LogP contribution in [0.25, 0.3) is 10.2 Å². The van der Waals surface area contributed by atoms with Crippen molar-refractivity contribution in [3.63, 3.8) is 0 Å². The lowest BCUT2D eigenvalue weighted by atomic mass is 10.3. The highest BCUT2D eigenvalue weighted by Gasteiger charge is 2.33. The SMILES string of the molecule is CCN(CC)CCN(C(=O)CN1C(=O)CCC1=O)c1nc2c(OC)cccc2s1. The van der Waals surface area contributed by atoms with Gasteiger partial charge in [-0.2, -0.15) is 0 Å². The largest absolute Gasteiger partial charge is 0.494 e. The number of thiazole rings is 1. The Morgan fingerprint density at radius 1 is 1.17 bits per heavy atom. The first-order valence-electron chi connectivity index (χ1n) is 9.77. The van der Waals surface area contributed by atoms with Gasteiger partial charge >= 0.3 is 0 Å². The third-order valence-electron chi connectivity index (χ3n) is 5.11. The zero-order chi connectivity index (χ0) is 21.0. The third kappa shape index (κ3) is 4.56. The molecule has 0 saturated carbocycles. The molecule has 0 unspecified atom stereocenters. The number of amides is 3. The fraction of sp³-hybridized carbons (Fsp3) is 0.500. The minimum Gasteiger partial charge on any atom is -0.494 e. The van der Waals surface area contributed by atoms with E-state index in [9.17, 15) is 14.4 Å². The molecular formula is C20H26N4O4S. The van der Waals surface area contributed by atoms with E-state index in [1.165, 1.54) is 11.3 Å². The molecule has 1 saturated heterocycles. The summed E-state index contributed by atoms with van der Waals surface area (Å²) in [5, 5.41) is 0.542. The van der Waals surface area contributed by atoms with E-state index in [2.05, 4.69) is 23.7 Å². The van der Waals surface area contributed by atoms with Crippen molar-refractivity contribution >= 4 is 44.4 Å². The van der Waals surface area contributed by atoms with Crippen LogP contribution in [0, 0.1) is 0 Å². The van der Waals surface area contributed by atoms with E-state index < -0.39 is 0 Å². The highest BCUT2D eigenvalue weighted by molar-refractivity contribution is 7.22. The molecular weight excluding hydrogens is 392 g/mol. The van der Waals surface area contributed by atoms with Crippen molar-refractivity contribution in [3.05, 3.63) is 18.2 Å². The van der Waals surface area contributed by atoms with Crippen molar-refractivity contribution in [1.82, 2.24) is 14.8 Å². The molecule has 0 radical (unpaired) electrons. The number of likely N-dealkylation sites (N-methyl/N-ethyl adjacent to an activating group) is 1. The Morgan fingerprint density at radius 3 is 2.48 bits per heavy atom. The molecule has 1 aliphatic heterocycles. The van der Waals surface area contributed by atoms with Crippen LogP contribution < -0.4 is 9.64 Å². The number of rotatable bonds is 9. The summed E-state index contributed by atoms with van der Waals surface area (Å²) in [4.78, 5) is 46.5. The highest BCUT2D eigenvalue weighted by Crippen LogP contribution is 2.34. The minimum atomic E-state index is -0.307. The van der Waals surface area contributed by atoms with Crippen molar-refractivity contribution in [2.75, 3.05) is 44.7 Å². The van der Waals surface area contributed by atoms with Gasteiger partial charge in [-0.3, -0.25) is 24.2 Å². The molecule has 3 amide bonds. The zero-order valence-corrected chi connectivity index (χ0v) is 17.8. The van der Waals surface area contributed by atoms with Gasteiger partial charge in [0.1, 0.15) is 17.8 Å². The average Bonchev–Trinajstić information content (AvgIpc) is 3.29. The molecule has 1 aromatic carbocycles. The topological polar surface area (TPSA) is 83.0 Å². The number of methoxy groups -OCH3 is 1. The van der Waals surface area contributed by atoms with Crippen molar-refractivity contribution in [3.8, 4) is 5.75 Å². The van der Waals surface area contributed by atoms with E-state index in [1.807, 2.05) is 18.2 Å². The maximum Gasteiger partial charge on any atom is 0.248 e. The van der Waals surface area contributed by atoms with Gasteiger partial charge in [-0.15, -0.1) is 0 Å². The Morgan fingerprint density at radius 2 is 1.86 bits per heavy atom. The van der Waals surface area contributed by atoms with Gasteiger partial charge in [0.25, 0.3) is 0 Å². The number of para-hydroxylation sites is 1. The van der Waals surface area contributed by atoms with Gasteiger partial charge in [-0.1, -0.05) is 31.3 Å². The maximum absolute atomic E-state index is 13.1. The first-order valence-corrected chi connectivity index (χ1v) is 10.6. The van der Waals surface area contributed by atoms with Gasteiger partial charge in [0, 0.05) is 25.9 Å². The van der Waals surface area contributed by atoms with Crippen LogP contribution >= 0.6 is 11.3 Å². The fourth-order valence-corrected chi connectivity index (χ4v) is 4.35. The molecule has 0 bridgehead atoms. The van der Waals surface area contributed by atoms with Crippen LogP contribution in [0.15, 0.2) is 18.2 Å². The monoisotopic (exact) mass is 418 g/mol. The van der Waals surface area contributed by atoms with E-state index in [1.54, 1.807) is 12.0 Å². The summed E-state index contributed by atoms with van der Waals surface area (Å²) in [7, 11) is 1.59. The van der Waals surface area contributed by atoms with Crippen molar-refractivity contribution < 1.29 is 19.1 Å². The second-order valence-corrected chi connectivity index (χ2v) is 7.76. The number of hydrogen-bond donors (Lipinski definition) is 0. The Balaban J connectivity index is 1.89. The lowest BCUT2D eigenvalue weighted by Crippen LogP contribution is -2.45. The number of aromatic nitrogens is 1.